The summed E-state index contributed by atoms with van der Waals surface area (Å²) in [4.78, 5) is 34.9. The van der Waals surface area contributed by atoms with E-state index in [1.165, 1.54) is 0 Å². The number of hydrogen-bond donors (Lipinski definition) is 3. The third kappa shape index (κ3) is 2.35. The molecule has 0 aliphatic carbocycles. The summed E-state index contributed by atoms with van der Waals surface area (Å²) in [6, 6.07) is 0.795. The Morgan fingerprint density at radius 2 is 1.92 bits per heavy atom. The molecule has 6 nitrogen and oxygen atoms in total. The van der Waals surface area contributed by atoms with Gasteiger partial charge in [0.15, 0.2) is 0 Å². The Labute approximate surface area is 76.0 Å². The number of halogens is 1. The zero-order valence-electron chi connectivity index (χ0n) is 5.66. The highest BCUT2D eigenvalue weighted by atomic mass is 79.9. The number of carbonyl (C=O) groups is 1. The topological polar surface area (TPSA) is 103 Å². The van der Waals surface area contributed by atoms with Crippen molar-refractivity contribution in [2.75, 3.05) is 0 Å². The van der Waals surface area contributed by atoms with Gasteiger partial charge in [0.25, 0.3) is 5.56 Å². The summed E-state index contributed by atoms with van der Waals surface area (Å²) in [7, 11) is 0. The molecule has 0 radical (unpaired) electrons. The van der Waals surface area contributed by atoms with E-state index in [1.54, 1.807) is 0 Å². The quantitative estimate of drug-likeness (QED) is 0.603. The van der Waals surface area contributed by atoms with Gasteiger partial charge in [-0.15, -0.1) is 17.0 Å². The van der Waals surface area contributed by atoms with Gasteiger partial charge in [-0.05, 0) is 0 Å². The molecule has 0 saturated carbocycles. The van der Waals surface area contributed by atoms with Crippen LogP contribution in [0.2, 0.25) is 0 Å². The maximum absolute atomic E-state index is 10.5. The Morgan fingerprint density at radius 1 is 1.33 bits per heavy atom. The van der Waals surface area contributed by atoms with Gasteiger partial charge in [0, 0.05) is 6.07 Å². The van der Waals surface area contributed by atoms with Crippen LogP contribution in [-0.2, 0) is 0 Å². The van der Waals surface area contributed by atoms with E-state index in [4.69, 9.17) is 5.11 Å². The van der Waals surface area contributed by atoms with E-state index >= 15 is 0 Å². The van der Waals surface area contributed by atoms with E-state index in [9.17, 15) is 14.4 Å². The van der Waals surface area contributed by atoms with Gasteiger partial charge < -0.3 is 10.1 Å². The molecule has 1 aromatic heterocycles. The molecular formula is C5H5BrN2O4. The fourth-order valence-corrected chi connectivity index (χ4v) is 0.584. The van der Waals surface area contributed by atoms with Gasteiger partial charge in [-0.1, -0.05) is 0 Å². The molecule has 0 aliphatic rings. The fourth-order valence-electron chi connectivity index (χ4n) is 0.584. The minimum Gasteiger partial charge on any atom is -0.477 e. The third-order valence-corrected chi connectivity index (χ3v) is 0.991. The number of H-pyrrole nitrogens is 2. The molecule has 0 saturated heterocycles. The van der Waals surface area contributed by atoms with E-state index in [1.807, 2.05) is 9.97 Å². The van der Waals surface area contributed by atoms with Crippen molar-refractivity contribution in [2.45, 2.75) is 0 Å². The lowest BCUT2D eigenvalue weighted by atomic mass is 10.4. The molecule has 0 atom stereocenters. The zero-order valence-corrected chi connectivity index (χ0v) is 7.37. The number of carboxylic acids is 1. The molecule has 1 heterocycles. The van der Waals surface area contributed by atoms with Crippen LogP contribution in [0.1, 0.15) is 10.5 Å². The maximum atomic E-state index is 10.5. The highest BCUT2D eigenvalue weighted by Gasteiger charge is 2.03. The molecule has 0 bridgehead atoms. The van der Waals surface area contributed by atoms with Crippen LogP contribution in [0.3, 0.4) is 0 Å². The van der Waals surface area contributed by atoms with E-state index in [0.717, 1.165) is 6.07 Å². The van der Waals surface area contributed by atoms with Crippen molar-refractivity contribution in [3.05, 3.63) is 32.6 Å². The highest BCUT2D eigenvalue weighted by Crippen LogP contribution is 1.81. The number of carboxylic acid groups (broad SMARTS) is 1. The molecule has 0 spiro atoms. The summed E-state index contributed by atoms with van der Waals surface area (Å²) in [6.07, 6.45) is 0. The SMILES string of the molecule is Br.O=C(O)c1cc(=O)[nH]c(=O)[nH]1. The largest absolute Gasteiger partial charge is 0.477 e. The van der Waals surface area contributed by atoms with E-state index in [0.29, 0.717) is 0 Å². The molecule has 7 heteroatoms. The molecule has 1 rings (SSSR count). The van der Waals surface area contributed by atoms with Crippen LogP contribution in [0.15, 0.2) is 15.7 Å². The normalized spacial score (nSPS) is 8.67. The average molecular weight is 237 g/mol. The van der Waals surface area contributed by atoms with Gasteiger partial charge in [-0.3, -0.25) is 9.78 Å². The third-order valence-electron chi connectivity index (χ3n) is 0.991. The second-order valence-electron chi connectivity index (χ2n) is 1.81. The number of rotatable bonds is 1. The van der Waals surface area contributed by atoms with Crippen LogP contribution < -0.4 is 11.2 Å². The van der Waals surface area contributed by atoms with Gasteiger partial charge >= 0.3 is 11.7 Å². The van der Waals surface area contributed by atoms with Crippen molar-refractivity contribution in [1.82, 2.24) is 9.97 Å². The molecule has 0 amide bonds. The molecule has 0 unspecified atom stereocenters. The Bertz CT molecular complexity index is 365. The lowest BCUT2D eigenvalue weighted by Gasteiger charge is -1.89. The second kappa shape index (κ2) is 3.86. The number of hydrogen-bond acceptors (Lipinski definition) is 3. The summed E-state index contributed by atoms with van der Waals surface area (Å²) in [6.45, 7) is 0. The standard InChI is InChI=1S/C5H4N2O4.BrH/c8-3-1-2(4(9)10)6-5(11)7-3;/h1H,(H,9,10)(H2,6,7,8,11);1H. The van der Waals surface area contributed by atoms with E-state index in [2.05, 4.69) is 0 Å². The molecule has 0 aromatic carbocycles. The van der Waals surface area contributed by atoms with E-state index in [-0.39, 0.29) is 17.0 Å². The number of aromatic nitrogens is 2. The first-order valence-electron chi connectivity index (χ1n) is 2.66. The molecule has 0 aliphatic heterocycles. The molecule has 66 valence electrons. The van der Waals surface area contributed by atoms with Crippen molar-refractivity contribution < 1.29 is 9.90 Å². The fraction of sp³-hybridized carbons (Fsp3) is 0. The first-order chi connectivity index (χ1) is 5.09. The summed E-state index contributed by atoms with van der Waals surface area (Å²) in [5, 5.41) is 8.31. The van der Waals surface area contributed by atoms with Crippen molar-refractivity contribution in [2.24, 2.45) is 0 Å². The van der Waals surface area contributed by atoms with Crippen LogP contribution in [0.4, 0.5) is 0 Å². The van der Waals surface area contributed by atoms with E-state index < -0.39 is 22.9 Å². The van der Waals surface area contributed by atoms with Gasteiger partial charge in [0.2, 0.25) is 0 Å². The monoisotopic (exact) mass is 236 g/mol. The Hall–Kier alpha value is -1.37. The lowest BCUT2D eigenvalue weighted by Crippen LogP contribution is -2.24. The van der Waals surface area contributed by atoms with Crippen LogP contribution >= 0.6 is 17.0 Å². The van der Waals surface area contributed by atoms with Gasteiger partial charge in [0.1, 0.15) is 5.69 Å². The summed E-state index contributed by atoms with van der Waals surface area (Å²) in [5.74, 6) is -1.34. The average Bonchev–Trinajstić information content (AvgIpc) is 1.85. The van der Waals surface area contributed by atoms with Crippen molar-refractivity contribution in [1.29, 1.82) is 0 Å². The maximum Gasteiger partial charge on any atom is 0.352 e. The molecular weight excluding hydrogens is 232 g/mol. The van der Waals surface area contributed by atoms with Crippen LogP contribution in [-0.4, -0.2) is 21.0 Å². The van der Waals surface area contributed by atoms with Crippen LogP contribution in [0.25, 0.3) is 0 Å². The summed E-state index contributed by atoms with van der Waals surface area (Å²) < 4.78 is 0. The minimum atomic E-state index is -1.34. The van der Waals surface area contributed by atoms with Gasteiger partial charge in [-0.25, -0.2) is 9.59 Å². The zero-order chi connectivity index (χ0) is 8.43. The second-order valence-corrected chi connectivity index (χ2v) is 1.81. The number of nitrogens with one attached hydrogen (secondary N) is 2. The van der Waals surface area contributed by atoms with Gasteiger partial charge in [0.05, 0.1) is 0 Å². The summed E-state index contributed by atoms with van der Waals surface area (Å²) in [5.41, 5.74) is -1.97. The predicted molar refractivity (Wildman–Crippen MR) is 45.0 cm³/mol. The van der Waals surface area contributed by atoms with Crippen molar-refractivity contribution in [3.8, 4) is 0 Å². The molecule has 0 fully saturated rings. The van der Waals surface area contributed by atoms with Crippen LogP contribution in [0, 0.1) is 0 Å². The van der Waals surface area contributed by atoms with Gasteiger partial charge in [-0.2, -0.15) is 0 Å². The minimum absolute atomic E-state index is 0. The molecule has 3 N–H and O–H groups in total. The van der Waals surface area contributed by atoms with Crippen LogP contribution in [0.5, 0.6) is 0 Å². The predicted octanol–water partition coefficient (Wildman–Crippen LogP) is -0.661. The van der Waals surface area contributed by atoms with Crippen molar-refractivity contribution >= 4 is 23.0 Å². The Kier molecular flexibility index (Phi) is 3.42. The first kappa shape index (κ1) is 10.6. The summed E-state index contributed by atoms with van der Waals surface area (Å²) >= 11 is 0. The Morgan fingerprint density at radius 3 is 2.33 bits per heavy atom. The molecule has 1 aromatic rings. The molecule has 12 heavy (non-hydrogen) atoms. The highest BCUT2D eigenvalue weighted by molar-refractivity contribution is 8.93. The Balaban J connectivity index is 0.00000121. The lowest BCUT2D eigenvalue weighted by molar-refractivity contribution is 0.0689. The van der Waals surface area contributed by atoms with Crippen molar-refractivity contribution in [3.63, 3.8) is 0 Å². The first-order valence-corrected chi connectivity index (χ1v) is 2.66. The number of aromatic carboxylic acids is 1. The smallest absolute Gasteiger partial charge is 0.352 e. The number of aromatic amines is 2.